The van der Waals surface area contributed by atoms with E-state index < -0.39 is 23.4 Å². The minimum absolute atomic E-state index is 0.414. The molecule has 0 radical (unpaired) electrons. The number of fused-ring (bicyclic) bond motifs is 1. The van der Waals surface area contributed by atoms with Crippen LogP contribution in [0.3, 0.4) is 0 Å². The topological polar surface area (TPSA) is 68.1 Å². The Balaban J connectivity index is 1.97. The van der Waals surface area contributed by atoms with Gasteiger partial charge >= 0.3 is 0 Å². The van der Waals surface area contributed by atoms with Gasteiger partial charge in [0.2, 0.25) is 17.5 Å². The van der Waals surface area contributed by atoms with Crippen molar-refractivity contribution in [3.05, 3.63) is 35.9 Å². The van der Waals surface area contributed by atoms with Crippen LogP contribution in [0, 0.1) is 0 Å². The smallest absolute Gasteiger partial charge is 0.245 e. The Kier molecular flexibility index (Phi) is 1.42. The number of epoxide rings is 2. The highest BCUT2D eigenvalue weighted by atomic mass is 17.0. The van der Waals surface area contributed by atoms with Gasteiger partial charge in [0, 0.05) is 0 Å². The third-order valence-corrected chi connectivity index (χ3v) is 3.04. The predicted octanol–water partition coefficient (Wildman–Crippen LogP) is 0.728. The Labute approximate surface area is 87.0 Å². The highest BCUT2D eigenvalue weighted by Crippen LogP contribution is 2.72. The predicted molar refractivity (Wildman–Crippen MR) is 51.7 cm³/mol. The molecule has 1 amide bonds. The monoisotopic (exact) mass is 205 g/mol. The van der Waals surface area contributed by atoms with Crippen LogP contribution < -0.4 is 5.73 Å². The molecule has 1 atom stereocenters. The van der Waals surface area contributed by atoms with Crippen molar-refractivity contribution in [2.24, 2.45) is 5.73 Å². The average molecular weight is 205 g/mol. The summed E-state index contributed by atoms with van der Waals surface area (Å²) < 4.78 is 10.7. The van der Waals surface area contributed by atoms with Crippen LogP contribution in [0.1, 0.15) is 18.4 Å². The molecule has 0 aromatic heterocycles. The quantitative estimate of drug-likeness (QED) is 0.739. The van der Waals surface area contributed by atoms with E-state index in [9.17, 15) is 4.79 Å². The van der Waals surface area contributed by atoms with E-state index in [1.807, 2.05) is 37.3 Å². The standard InChI is InChI=1S/C11H11NO3/c1-10-11(14-10,15-10)8(9(12)13)7-5-3-2-4-6-7/h2-6,8H,1H3,(H2,12,13). The van der Waals surface area contributed by atoms with E-state index in [2.05, 4.69) is 0 Å². The molecule has 2 heterocycles. The molecule has 1 aromatic rings. The highest BCUT2D eigenvalue weighted by Gasteiger charge is 2.92. The zero-order chi connectivity index (χ0) is 10.7. The molecular weight excluding hydrogens is 194 g/mol. The van der Waals surface area contributed by atoms with Gasteiger partial charge < -0.3 is 15.2 Å². The van der Waals surface area contributed by atoms with Crippen LogP contribution in [-0.2, 0) is 14.3 Å². The maximum atomic E-state index is 11.4. The van der Waals surface area contributed by atoms with Gasteiger partial charge in [-0.1, -0.05) is 30.3 Å². The van der Waals surface area contributed by atoms with Crippen molar-refractivity contribution in [3.8, 4) is 0 Å². The van der Waals surface area contributed by atoms with E-state index in [0.717, 1.165) is 5.56 Å². The number of primary amides is 1. The van der Waals surface area contributed by atoms with E-state index in [1.165, 1.54) is 0 Å². The Morgan fingerprint density at radius 3 is 2.27 bits per heavy atom. The first-order chi connectivity index (χ1) is 7.09. The zero-order valence-corrected chi connectivity index (χ0v) is 8.27. The van der Waals surface area contributed by atoms with E-state index >= 15 is 0 Å². The molecule has 1 aromatic carbocycles. The van der Waals surface area contributed by atoms with E-state index in [0.29, 0.717) is 0 Å². The van der Waals surface area contributed by atoms with Crippen molar-refractivity contribution in [3.63, 3.8) is 0 Å². The van der Waals surface area contributed by atoms with Gasteiger partial charge in [-0.2, -0.15) is 0 Å². The van der Waals surface area contributed by atoms with Gasteiger partial charge in [0.25, 0.3) is 0 Å². The van der Waals surface area contributed by atoms with Gasteiger partial charge in [0.1, 0.15) is 5.92 Å². The van der Waals surface area contributed by atoms with Crippen molar-refractivity contribution in [2.45, 2.75) is 24.4 Å². The van der Waals surface area contributed by atoms with Crippen molar-refractivity contribution in [2.75, 3.05) is 0 Å². The lowest BCUT2D eigenvalue weighted by atomic mass is 9.93. The van der Waals surface area contributed by atoms with Crippen LogP contribution in [0.2, 0.25) is 0 Å². The second-order valence-electron chi connectivity index (χ2n) is 4.06. The Bertz CT molecular complexity index is 423. The lowest BCUT2D eigenvalue weighted by Crippen LogP contribution is -2.29. The zero-order valence-electron chi connectivity index (χ0n) is 8.27. The molecule has 2 fully saturated rings. The molecule has 4 heteroatoms. The van der Waals surface area contributed by atoms with Crippen LogP contribution in [0.4, 0.5) is 0 Å². The van der Waals surface area contributed by atoms with Crippen molar-refractivity contribution < 1.29 is 14.3 Å². The largest absolute Gasteiger partial charge is 0.369 e. The summed E-state index contributed by atoms with van der Waals surface area (Å²) in [5.74, 6) is -2.28. The molecule has 0 bridgehead atoms. The summed E-state index contributed by atoms with van der Waals surface area (Å²) >= 11 is 0. The lowest BCUT2D eigenvalue weighted by molar-refractivity contribution is -0.132. The number of carbonyl (C=O) groups is 1. The summed E-state index contributed by atoms with van der Waals surface area (Å²) in [6.07, 6.45) is 0. The number of amides is 1. The van der Waals surface area contributed by atoms with Crippen LogP contribution in [0.5, 0.6) is 0 Å². The second-order valence-corrected chi connectivity index (χ2v) is 4.06. The minimum Gasteiger partial charge on any atom is -0.369 e. The van der Waals surface area contributed by atoms with Crippen molar-refractivity contribution in [1.82, 2.24) is 0 Å². The third-order valence-electron chi connectivity index (χ3n) is 3.04. The fraction of sp³-hybridized carbons (Fsp3) is 0.364. The molecule has 4 nitrogen and oxygen atoms in total. The third kappa shape index (κ3) is 1.00. The summed E-state index contributed by atoms with van der Waals surface area (Å²) in [6.45, 7) is 1.81. The molecule has 78 valence electrons. The first-order valence-corrected chi connectivity index (χ1v) is 4.84. The van der Waals surface area contributed by atoms with Gasteiger partial charge in [-0.3, -0.25) is 4.79 Å². The maximum absolute atomic E-state index is 11.4. The number of benzene rings is 1. The first-order valence-electron chi connectivity index (χ1n) is 4.84. The molecule has 1 unspecified atom stereocenters. The van der Waals surface area contributed by atoms with E-state index in [1.54, 1.807) is 0 Å². The highest BCUT2D eigenvalue weighted by molar-refractivity contribution is 5.84. The summed E-state index contributed by atoms with van der Waals surface area (Å²) in [7, 11) is 0. The van der Waals surface area contributed by atoms with Crippen LogP contribution in [0.25, 0.3) is 0 Å². The molecule has 2 aliphatic rings. The second kappa shape index (κ2) is 2.40. The summed E-state index contributed by atoms with van der Waals surface area (Å²) in [4.78, 5) is 11.4. The average Bonchev–Trinajstić information content (AvgIpc) is 2.91. The summed E-state index contributed by atoms with van der Waals surface area (Å²) in [5.41, 5.74) is 6.22. The molecule has 2 saturated heterocycles. The maximum Gasteiger partial charge on any atom is 0.245 e. The Morgan fingerprint density at radius 1 is 1.33 bits per heavy atom. The molecule has 15 heavy (non-hydrogen) atoms. The van der Waals surface area contributed by atoms with E-state index in [-0.39, 0.29) is 0 Å². The number of hydrogen-bond acceptors (Lipinski definition) is 3. The number of carbonyl (C=O) groups excluding carboxylic acids is 1. The number of nitrogens with two attached hydrogens (primary N) is 1. The van der Waals surface area contributed by atoms with Gasteiger partial charge in [0.15, 0.2) is 0 Å². The lowest BCUT2D eigenvalue weighted by Gasteiger charge is -2.12. The first kappa shape index (κ1) is 8.88. The van der Waals surface area contributed by atoms with Gasteiger partial charge in [-0.25, -0.2) is 0 Å². The molecule has 0 aliphatic carbocycles. The summed E-state index contributed by atoms with van der Waals surface area (Å²) in [6, 6.07) is 9.33. The molecular formula is C11H11NO3. The Hall–Kier alpha value is -1.39. The molecule has 3 rings (SSSR count). The Morgan fingerprint density at radius 2 is 1.87 bits per heavy atom. The molecule has 2 aliphatic heterocycles. The van der Waals surface area contributed by atoms with Crippen molar-refractivity contribution in [1.29, 1.82) is 0 Å². The SMILES string of the molecule is CC12OC1(C(C(N)=O)c1ccccc1)O2. The van der Waals surface area contributed by atoms with Gasteiger partial charge in [-0.15, -0.1) is 0 Å². The number of ether oxygens (including phenoxy) is 2. The van der Waals surface area contributed by atoms with Crippen molar-refractivity contribution >= 4 is 5.91 Å². The fourth-order valence-electron chi connectivity index (χ4n) is 2.13. The van der Waals surface area contributed by atoms with E-state index in [4.69, 9.17) is 15.2 Å². The van der Waals surface area contributed by atoms with Gasteiger partial charge in [0.05, 0.1) is 0 Å². The minimum atomic E-state index is -0.778. The molecule has 0 saturated carbocycles. The summed E-state index contributed by atoms with van der Waals surface area (Å²) in [5, 5.41) is 0. The fourth-order valence-corrected chi connectivity index (χ4v) is 2.13. The molecule has 2 N–H and O–H groups in total. The molecule has 0 spiro atoms. The normalized spacial score (nSPS) is 37.9. The number of hydrogen-bond donors (Lipinski definition) is 1. The van der Waals surface area contributed by atoms with Crippen LogP contribution in [-0.4, -0.2) is 17.5 Å². The van der Waals surface area contributed by atoms with Crippen LogP contribution in [0.15, 0.2) is 30.3 Å². The van der Waals surface area contributed by atoms with Gasteiger partial charge in [-0.05, 0) is 12.5 Å². The number of rotatable bonds is 3. The van der Waals surface area contributed by atoms with Crippen LogP contribution >= 0.6 is 0 Å².